The van der Waals surface area contributed by atoms with E-state index < -0.39 is 6.03 Å². The average molecular weight is 290 g/mol. The van der Waals surface area contributed by atoms with Crippen LogP contribution in [0.15, 0.2) is 35.1 Å². The Hall–Kier alpha value is -2.54. The largest absolute Gasteiger partial charge is 0.395 e. The predicted octanol–water partition coefficient (Wildman–Crippen LogP) is 0.598. The third kappa shape index (κ3) is 2.97. The van der Waals surface area contributed by atoms with Crippen LogP contribution in [-0.4, -0.2) is 33.7 Å². The van der Waals surface area contributed by atoms with Gasteiger partial charge in [-0.1, -0.05) is 18.2 Å². The first kappa shape index (κ1) is 14.9. The average Bonchev–Trinajstić information content (AvgIpc) is 2.70. The highest BCUT2D eigenvalue weighted by atomic mass is 16.3. The van der Waals surface area contributed by atoms with Crippen molar-refractivity contribution in [1.82, 2.24) is 14.7 Å². The molecule has 21 heavy (non-hydrogen) atoms. The van der Waals surface area contributed by atoms with Gasteiger partial charge in [0.15, 0.2) is 0 Å². The molecule has 7 nitrogen and oxygen atoms in total. The number of aliphatic hydroxyl groups excluding tert-OH is 1. The number of urea groups is 1. The van der Waals surface area contributed by atoms with Gasteiger partial charge in [0.2, 0.25) is 0 Å². The summed E-state index contributed by atoms with van der Waals surface area (Å²) in [6.45, 7) is 1.72. The first-order valence-corrected chi connectivity index (χ1v) is 6.56. The summed E-state index contributed by atoms with van der Waals surface area (Å²) in [4.78, 5) is 24.1. The van der Waals surface area contributed by atoms with Crippen LogP contribution in [0.5, 0.6) is 0 Å². The van der Waals surface area contributed by atoms with Crippen LogP contribution in [0.2, 0.25) is 0 Å². The second-order valence-electron chi connectivity index (χ2n) is 4.54. The van der Waals surface area contributed by atoms with Crippen molar-refractivity contribution in [2.75, 3.05) is 18.5 Å². The van der Waals surface area contributed by atoms with Crippen LogP contribution in [0.25, 0.3) is 5.69 Å². The fourth-order valence-electron chi connectivity index (χ4n) is 2.04. The normalized spacial score (nSPS) is 10.4. The monoisotopic (exact) mass is 290 g/mol. The summed E-state index contributed by atoms with van der Waals surface area (Å²) >= 11 is 0. The third-order valence-corrected chi connectivity index (χ3v) is 3.19. The van der Waals surface area contributed by atoms with Crippen LogP contribution in [0.3, 0.4) is 0 Å². The second kappa shape index (κ2) is 6.27. The van der Waals surface area contributed by atoms with Crippen molar-refractivity contribution in [3.8, 4) is 5.69 Å². The number of hydrogen-bond donors (Lipinski definition) is 3. The van der Waals surface area contributed by atoms with E-state index in [1.807, 2.05) is 30.3 Å². The molecule has 0 aliphatic rings. The van der Waals surface area contributed by atoms with Crippen molar-refractivity contribution in [3.63, 3.8) is 0 Å². The van der Waals surface area contributed by atoms with Crippen molar-refractivity contribution in [2.45, 2.75) is 6.92 Å². The van der Waals surface area contributed by atoms with Gasteiger partial charge in [0, 0.05) is 13.6 Å². The Morgan fingerprint density at radius 2 is 1.95 bits per heavy atom. The lowest BCUT2D eigenvalue weighted by atomic mass is 10.3. The summed E-state index contributed by atoms with van der Waals surface area (Å²) in [7, 11) is 1.75. The number of benzene rings is 1. The highest BCUT2D eigenvalue weighted by Crippen LogP contribution is 2.13. The standard InChI is InChI=1S/C14H18N4O3/c1-10-12(16-14(21)15-8-9-19)13(20)18(17(10)2)11-6-4-3-5-7-11/h3-7,19H,8-9H2,1-2H3,(H2,15,16,21). The molecule has 0 bridgehead atoms. The van der Waals surface area contributed by atoms with Gasteiger partial charge in [-0.15, -0.1) is 0 Å². The minimum atomic E-state index is -0.518. The number of amides is 2. The number of aromatic nitrogens is 2. The highest BCUT2D eigenvalue weighted by molar-refractivity contribution is 5.89. The predicted molar refractivity (Wildman–Crippen MR) is 79.9 cm³/mol. The molecule has 0 radical (unpaired) electrons. The molecule has 2 rings (SSSR count). The van der Waals surface area contributed by atoms with Gasteiger partial charge in [-0.2, -0.15) is 0 Å². The maximum atomic E-state index is 12.5. The minimum Gasteiger partial charge on any atom is -0.395 e. The summed E-state index contributed by atoms with van der Waals surface area (Å²) in [6.07, 6.45) is 0. The molecule has 3 N–H and O–H groups in total. The lowest BCUT2D eigenvalue weighted by molar-refractivity contribution is 0.244. The van der Waals surface area contributed by atoms with Crippen LogP contribution in [0.1, 0.15) is 5.69 Å². The molecule has 0 spiro atoms. The van der Waals surface area contributed by atoms with Crippen LogP contribution >= 0.6 is 0 Å². The van der Waals surface area contributed by atoms with Crippen molar-refractivity contribution in [3.05, 3.63) is 46.4 Å². The van der Waals surface area contributed by atoms with E-state index in [0.717, 1.165) is 5.69 Å². The molecule has 0 saturated carbocycles. The number of aliphatic hydroxyl groups is 1. The fraction of sp³-hybridized carbons (Fsp3) is 0.286. The first-order valence-electron chi connectivity index (χ1n) is 6.56. The Kier molecular flexibility index (Phi) is 4.44. The molecule has 0 unspecified atom stereocenters. The molecule has 7 heteroatoms. The van der Waals surface area contributed by atoms with Gasteiger partial charge < -0.3 is 15.7 Å². The summed E-state index contributed by atoms with van der Waals surface area (Å²) < 4.78 is 3.16. The van der Waals surface area contributed by atoms with Crippen molar-refractivity contribution in [2.24, 2.45) is 7.05 Å². The van der Waals surface area contributed by atoms with Gasteiger partial charge in [-0.3, -0.25) is 9.48 Å². The third-order valence-electron chi connectivity index (χ3n) is 3.19. The van der Waals surface area contributed by atoms with Gasteiger partial charge in [-0.25, -0.2) is 9.48 Å². The van der Waals surface area contributed by atoms with Crippen molar-refractivity contribution >= 4 is 11.7 Å². The van der Waals surface area contributed by atoms with E-state index in [4.69, 9.17) is 5.11 Å². The van der Waals surface area contributed by atoms with E-state index in [1.165, 1.54) is 4.68 Å². The Bertz CT molecular complexity index is 688. The summed E-state index contributed by atoms with van der Waals surface area (Å²) in [5, 5.41) is 13.7. The molecule has 0 aliphatic heterocycles. The van der Waals surface area contributed by atoms with Crippen LogP contribution in [-0.2, 0) is 7.05 Å². The van der Waals surface area contributed by atoms with Gasteiger partial charge in [0.05, 0.1) is 18.0 Å². The number of nitrogens with one attached hydrogen (secondary N) is 2. The fourth-order valence-corrected chi connectivity index (χ4v) is 2.04. The Morgan fingerprint density at radius 1 is 1.29 bits per heavy atom. The van der Waals surface area contributed by atoms with E-state index in [-0.39, 0.29) is 24.4 Å². The molecule has 0 aliphatic carbocycles. The maximum absolute atomic E-state index is 12.5. The zero-order valence-corrected chi connectivity index (χ0v) is 12.0. The van der Waals surface area contributed by atoms with Crippen LogP contribution in [0.4, 0.5) is 10.5 Å². The topological polar surface area (TPSA) is 88.3 Å². The van der Waals surface area contributed by atoms with E-state index in [9.17, 15) is 9.59 Å². The number of nitrogens with zero attached hydrogens (tertiary/aromatic N) is 2. The molecule has 1 heterocycles. The van der Waals surface area contributed by atoms with E-state index in [1.54, 1.807) is 18.7 Å². The van der Waals surface area contributed by atoms with Crippen molar-refractivity contribution < 1.29 is 9.90 Å². The SMILES string of the molecule is Cc1c(NC(=O)NCCO)c(=O)n(-c2ccccc2)n1C. The molecule has 1 aromatic carbocycles. The number of carbonyl (C=O) groups excluding carboxylic acids is 1. The zero-order valence-electron chi connectivity index (χ0n) is 12.0. The summed E-state index contributed by atoms with van der Waals surface area (Å²) in [5.74, 6) is 0. The molecule has 2 aromatic rings. The maximum Gasteiger partial charge on any atom is 0.319 e. The van der Waals surface area contributed by atoms with E-state index in [0.29, 0.717) is 5.69 Å². The summed E-state index contributed by atoms with van der Waals surface area (Å²) in [5.41, 5.74) is 1.28. The molecule has 2 amide bonds. The number of carbonyl (C=O) groups is 1. The Morgan fingerprint density at radius 3 is 2.57 bits per heavy atom. The first-order chi connectivity index (χ1) is 10.1. The molecule has 0 fully saturated rings. The molecule has 0 saturated heterocycles. The molecular weight excluding hydrogens is 272 g/mol. The quantitative estimate of drug-likeness (QED) is 0.770. The van der Waals surface area contributed by atoms with Crippen LogP contribution in [0, 0.1) is 6.92 Å². The molecule has 112 valence electrons. The van der Waals surface area contributed by atoms with E-state index >= 15 is 0 Å². The molecule has 0 atom stereocenters. The lowest BCUT2D eigenvalue weighted by Gasteiger charge is -2.07. The smallest absolute Gasteiger partial charge is 0.319 e. The second-order valence-corrected chi connectivity index (χ2v) is 4.54. The minimum absolute atomic E-state index is 0.130. The number of hydrogen-bond acceptors (Lipinski definition) is 3. The number of rotatable bonds is 4. The van der Waals surface area contributed by atoms with Gasteiger partial charge in [0.25, 0.3) is 5.56 Å². The molecule has 1 aromatic heterocycles. The van der Waals surface area contributed by atoms with Gasteiger partial charge in [-0.05, 0) is 19.1 Å². The lowest BCUT2D eigenvalue weighted by Crippen LogP contribution is -2.33. The number of para-hydroxylation sites is 1. The van der Waals surface area contributed by atoms with Crippen molar-refractivity contribution in [1.29, 1.82) is 0 Å². The zero-order chi connectivity index (χ0) is 15.4. The molecular formula is C14H18N4O3. The highest BCUT2D eigenvalue weighted by Gasteiger charge is 2.17. The van der Waals surface area contributed by atoms with E-state index in [2.05, 4.69) is 10.6 Å². The van der Waals surface area contributed by atoms with Gasteiger partial charge >= 0.3 is 6.03 Å². The Balaban J connectivity index is 2.37. The van der Waals surface area contributed by atoms with Crippen LogP contribution < -0.4 is 16.2 Å². The van der Waals surface area contributed by atoms with Gasteiger partial charge in [0.1, 0.15) is 5.69 Å². The Labute approximate surface area is 121 Å². The summed E-state index contributed by atoms with van der Waals surface area (Å²) in [6, 6.07) is 8.66. The number of anilines is 1.